The van der Waals surface area contributed by atoms with Gasteiger partial charge < -0.3 is 34.5 Å². The molecule has 0 aliphatic heterocycles. The largest absolute Gasteiger partial charge is 0.481 e. The summed E-state index contributed by atoms with van der Waals surface area (Å²) in [6, 6.07) is 18.6. The molecule has 0 saturated heterocycles. The number of para-hydroxylation sites is 1. The first-order valence-corrected chi connectivity index (χ1v) is 36.9. The zero-order valence-electron chi connectivity index (χ0n) is 61.4. The third-order valence-electron chi connectivity index (χ3n) is 13.4. The van der Waals surface area contributed by atoms with Crippen molar-refractivity contribution in [3.8, 4) is 24.3 Å². The number of thiocarbonyl (C=S) groups is 2. The second-order valence-corrected chi connectivity index (χ2v) is 29.5. The molecule has 1 aromatic carbocycles. The van der Waals surface area contributed by atoms with Gasteiger partial charge in [0.2, 0.25) is 11.8 Å². The van der Waals surface area contributed by atoms with Gasteiger partial charge in [0.15, 0.2) is 16.6 Å². The van der Waals surface area contributed by atoms with Crippen molar-refractivity contribution in [1.29, 1.82) is 21.0 Å². The molecule has 21 nitrogen and oxygen atoms in total. The van der Waals surface area contributed by atoms with Crippen molar-refractivity contribution in [3.63, 3.8) is 0 Å². The fourth-order valence-electron chi connectivity index (χ4n) is 7.60. The second kappa shape index (κ2) is 62.9. The van der Waals surface area contributed by atoms with Crippen LogP contribution in [0.1, 0.15) is 223 Å². The predicted octanol–water partition coefficient (Wildman–Crippen LogP) is 19.3. The van der Waals surface area contributed by atoms with Gasteiger partial charge in [-0.3, -0.25) is 24.0 Å². The molecule has 2 amide bonds. The Morgan fingerprint density at radius 1 is 0.737 bits per heavy atom. The van der Waals surface area contributed by atoms with Gasteiger partial charge in [-0.05, 0) is 148 Å². The summed E-state index contributed by atoms with van der Waals surface area (Å²) in [4.78, 5) is 61.8. The van der Waals surface area contributed by atoms with Gasteiger partial charge in [-0.15, -0.1) is 16.9 Å². The van der Waals surface area contributed by atoms with Gasteiger partial charge in [-0.2, -0.15) is 36.4 Å². The Labute approximate surface area is 618 Å². The number of unbranched alkanes of at least 4 members (excludes halogenated alkanes) is 10. The van der Waals surface area contributed by atoms with E-state index in [1.165, 1.54) is 124 Å². The van der Waals surface area contributed by atoms with Crippen molar-refractivity contribution < 1.29 is 38.6 Å². The van der Waals surface area contributed by atoms with Crippen LogP contribution in [0, 0.1) is 58.5 Å². The number of rotatable bonds is 29. The maximum Gasteiger partial charge on any atom is 0.340 e. The van der Waals surface area contributed by atoms with Gasteiger partial charge in [-0.1, -0.05) is 172 Å². The molecule has 1 atom stereocenters. The van der Waals surface area contributed by atoms with E-state index in [1.807, 2.05) is 75.2 Å². The number of nitrogens with one attached hydrogen (secondary N) is 1. The number of likely N-dealkylation sites (N-methyl/N-ethyl adjacent to an activating group) is 1. The first-order chi connectivity index (χ1) is 46.7. The summed E-state index contributed by atoms with van der Waals surface area (Å²) >= 11 is 14.9. The number of carboxylic acid groups (broad SMARTS) is 1. The van der Waals surface area contributed by atoms with Crippen LogP contribution in [-0.4, -0.2) is 120 Å². The summed E-state index contributed by atoms with van der Waals surface area (Å²) in [6.07, 6.45) is 30.1. The van der Waals surface area contributed by atoms with Gasteiger partial charge in [0, 0.05) is 65.1 Å². The number of esters is 2. The average Bonchev–Trinajstić information content (AvgIpc) is 0.838. The smallest absolute Gasteiger partial charge is 0.340 e. The zero-order chi connectivity index (χ0) is 76.6. The van der Waals surface area contributed by atoms with Crippen LogP contribution in [0.5, 0.6) is 0 Å². The van der Waals surface area contributed by atoms with Crippen LogP contribution in [-0.2, 0) is 33.4 Å². The number of carboxylic acids is 1. The van der Waals surface area contributed by atoms with Crippen LogP contribution < -0.4 is 10.2 Å². The summed E-state index contributed by atoms with van der Waals surface area (Å²) in [6.45, 7) is 45.3. The van der Waals surface area contributed by atoms with Crippen molar-refractivity contribution >= 4 is 103 Å². The minimum Gasteiger partial charge on any atom is -0.481 e. The van der Waals surface area contributed by atoms with Crippen molar-refractivity contribution in [2.24, 2.45) is 20.5 Å². The lowest BCUT2D eigenvalue weighted by molar-refractivity contribution is -0.138. The van der Waals surface area contributed by atoms with Gasteiger partial charge in [0.25, 0.3) is 5.88 Å². The molecule has 0 bridgehead atoms. The van der Waals surface area contributed by atoms with Gasteiger partial charge >= 0.3 is 23.6 Å². The van der Waals surface area contributed by atoms with E-state index in [1.54, 1.807) is 60.5 Å². The first kappa shape index (κ1) is 100. The topological polar surface area (TPSA) is 296 Å². The molecule has 2 N–H and O–H groups in total. The van der Waals surface area contributed by atoms with Crippen LogP contribution in [0.3, 0.4) is 0 Å². The van der Waals surface area contributed by atoms with Crippen molar-refractivity contribution in [2.75, 3.05) is 44.3 Å². The molecule has 26 heteroatoms. The molecule has 99 heavy (non-hydrogen) atoms. The highest BCUT2D eigenvalue weighted by Gasteiger charge is 2.41. The highest BCUT2D eigenvalue weighted by molar-refractivity contribution is 8.47. The highest BCUT2D eigenvalue weighted by atomic mass is 32.2. The maximum atomic E-state index is 10.7. The number of thioether (sulfide) groups is 3. The fraction of sp³-hybridized carbons (Fsp3) is 0.630. The fourth-order valence-corrected chi connectivity index (χ4v) is 11.3. The molecular formula is C73H113N13O8S5. The Hall–Kier alpha value is -7.30. The molecule has 2 aliphatic rings. The molecule has 3 rings (SSSR count). The number of aliphatic carboxylic acids is 1. The molecule has 0 heterocycles. The molecule has 2 saturated carbocycles. The summed E-state index contributed by atoms with van der Waals surface area (Å²) in [7, 11) is 5.28. The number of azo groups is 2. The van der Waals surface area contributed by atoms with E-state index in [4.69, 9.17) is 53.2 Å². The minimum absolute atomic E-state index is 0.00276. The van der Waals surface area contributed by atoms with Crippen LogP contribution in [0.25, 0.3) is 9.69 Å². The standard InChI is InChI=1S/C19H33NO2S3.C14H20N4.C10H10N2S2.C8H12N4.C7H12O2.C6H11NO.C5H9NO.C4H6O2/c1-3-4-5-6-7-8-9-10-11-12-15-24-18(23)25-19(2,16-20)14-13-17(21)22;1-16-14(10-6-3-7-11-14)18-17-13(12-15)8-4-2-5-9-13;1-11-8-14-10(13)12(2)9-6-4-3-5-7-9;1-7(2,5-9)11-12-8(3,4)6-10;1-3-5-6-9-7(8)4-2;1-4-6(8)7-5(2)3;1-4-5(7)6(2)3;1-3-6-4(2)5/h3-15H2,1-2H3,(H,21,22);2-11H2;3-7H,8H2,2H3;1-4H3;4H,2-3,5-6H2,1H3;4-5H,1H2,2-3H3,(H,7,8);4H,1H2,2-3H3;3H,1H2,2H3. The highest BCUT2D eigenvalue weighted by Crippen LogP contribution is 2.38. The van der Waals surface area contributed by atoms with E-state index in [2.05, 4.69) is 90.3 Å². The van der Waals surface area contributed by atoms with E-state index in [0.717, 1.165) is 96.2 Å². The lowest BCUT2D eigenvalue weighted by Gasteiger charge is -2.27. The Morgan fingerprint density at radius 3 is 1.61 bits per heavy atom. The molecular weight excluding hydrogens is 1350 g/mol. The number of benzene rings is 1. The number of carbonyl (C=O) groups is 5. The second-order valence-electron chi connectivity index (χ2n) is 24.1. The lowest BCUT2D eigenvalue weighted by atomic mass is 9.84. The Bertz CT molecular complexity index is 2790. The Kier molecular flexibility index (Phi) is 63.8. The number of nitriles is 4. The number of anilines is 1. The summed E-state index contributed by atoms with van der Waals surface area (Å²) < 4.78 is 9.59. The molecule has 0 aromatic heterocycles. The van der Waals surface area contributed by atoms with Crippen LogP contribution in [0.2, 0.25) is 0 Å². The van der Waals surface area contributed by atoms with E-state index in [0.29, 0.717) is 18.9 Å². The van der Waals surface area contributed by atoms with E-state index in [-0.39, 0.29) is 36.2 Å². The molecule has 2 fully saturated rings. The zero-order valence-corrected chi connectivity index (χ0v) is 65.5. The molecule has 1 unspecified atom stereocenters. The first-order valence-electron chi connectivity index (χ1n) is 33.3. The van der Waals surface area contributed by atoms with Gasteiger partial charge in [0.1, 0.15) is 12.6 Å². The number of amides is 2. The number of hydrogen-bond donors (Lipinski definition) is 2. The van der Waals surface area contributed by atoms with E-state index < -0.39 is 33.0 Å². The normalized spacial score (nSPS) is 13.4. The number of hydrogen-bond acceptors (Lipinski definition) is 20. The minimum atomic E-state index is -0.869. The van der Waals surface area contributed by atoms with E-state index >= 15 is 0 Å². The van der Waals surface area contributed by atoms with Crippen LogP contribution in [0.15, 0.2) is 102 Å². The monoisotopic (exact) mass is 1460 g/mol. The third kappa shape index (κ3) is 61.5. The van der Waals surface area contributed by atoms with Gasteiger partial charge in [0.05, 0.1) is 37.1 Å². The average molecular weight is 1460 g/mol. The summed E-state index contributed by atoms with van der Waals surface area (Å²) in [5, 5.41) is 63.4. The molecule has 548 valence electrons. The predicted molar refractivity (Wildman–Crippen MR) is 415 cm³/mol. The van der Waals surface area contributed by atoms with Gasteiger partial charge in [-0.25, -0.2) is 17.9 Å². The summed E-state index contributed by atoms with van der Waals surface area (Å²) in [5.74, 6) is -0.321. The summed E-state index contributed by atoms with van der Waals surface area (Å²) in [5.41, 5.74) is -1.91. The molecule has 2 aliphatic carbocycles. The Morgan fingerprint density at radius 2 is 1.24 bits per heavy atom. The van der Waals surface area contributed by atoms with Crippen molar-refractivity contribution in [2.45, 2.75) is 256 Å². The van der Waals surface area contributed by atoms with E-state index in [9.17, 15) is 34.5 Å². The number of carbonyl (C=O) groups excluding carboxylic acids is 4. The van der Waals surface area contributed by atoms with Crippen LogP contribution >= 0.6 is 59.7 Å². The molecule has 1 aromatic rings. The van der Waals surface area contributed by atoms with Crippen LogP contribution in [0.4, 0.5) is 5.69 Å². The van der Waals surface area contributed by atoms with Crippen molar-refractivity contribution in [3.05, 3.63) is 104 Å². The third-order valence-corrected chi connectivity index (χ3v) is 17.7. The number of ether oxygens (including phenoxy) is 2. The Balaban J connectivity index is -0.000000356. The molecule has 0 spiro atoms. The lowest BCUT2D eigenvalue weighted by Crippen LogP contribution is -2.30. The SMILES string of the molecule is C=CC(=O)N(C)C.C=CC(=O)NC(C)C.C=CC(=O)OCCCC.C=COC(C)=O.CC(C)(C#N)N=NC(C)(C)C#N.CCCCCCCCCCCCSC(=S)SC(C)(C#N)CCC(=O)O.[C-]#[N+]C1(N=NC2(C#N)CCCCC2)CCCCC1.[C-]#[N+]CSC(=S)N(C)c1ccccc1. The number of nitrogens with zero attached hydrogens (tertiary/aromatic N) is 12. The quantitative estimate of drug-likeness (QED) is 0.0143. The van der Waals surface area contributed by atoms with Crippen molar-refractivity contribution in [1.82, 2.24) is 10.2 Å². The molecule has 0 radical (unpaired) electrons. The maximum absolute atomic E-state index is 10.7.